The summed E-state index contributed by atoms with van der Waals surface area (Å²) in [5, 5.41) is 4.33. The maximum atomic E-state index is 12.6. The topological polar surface area (TPSA) is 45.2 Å². The maximum absolute atomic E-state index is 12.6. The minimum atomic E-state index is 0.106. The number of carbonyl (C=O) groups excluding carboxylic acids is 1. The zero-order valence-electron chi connectivity index (χ0n) is 12.1. The highest BCUT2D eigenvalue weighted by molar-refractivity contribution is 7.16. The van der Waals surface area contributed by atoms with E-state index in [1.165, 1.54) is 11.3 Å². The summed E-state index contributed by atoms with van der Waals surface area (Å²) in [6, 6.07) is 10.4. The number of thiazole rings is 1. The van der Waals surface area contributed by atoms with Gasteiger partial charge in [-0.25, -0.2) is 4.98 Å². The van der Waals surface area contributed by atoms with Crippen LogP contribution < -0.4 is 5.32 Å². The van der Waals surface area contributed by atoms with E-state index in [0.29, 0.717) is 6.04 Å². The van der Waals surface area contributed by atoms with Gasteiger partial charge in [0.25, 0.3) is 5.91 Å². The summed E-state index contributed by atoms with van der Waals surface area (Å²) in [6.07, 6.45) is 2.75. The number of amides is 1. The summed E-state index contributed by atoms with van der Waals surface area (Å²) in [5.74, 6) is 0.106. The largest absolute Gasteiger partial charge is 0.335 e. The summed E-state index contributed by atoms with van der Waals surface area (Å²) in [4.78, 5) is 19.6. The van der Waals surface area contributed by atoms with Gasteiger partial charge in [0.15, 0.2) is 0 Å². The Balaban J connectivity index is 1.75. The number of piperazine rings is 1. The molecule has 1 saturated heterocycles. The first-order chi connectivity index (χ1) is 10.3. The number of rotatable bonds is 3. The summed E-state index contributed by atoms with van der Waals surface area (Å²) in [6.45, 7) is 4.57. The highest BCUT2D eigenvalue weighted by atomic mass is 32.1. The van der Waals surface area contributed by atoms with E-state index in [4.69, 9.17) is 0 Å². The molecule has 21 heavy (non-hydrogen) atoms. The van der Waals surface area contributed by atoms with E-state index in [0.717, 1.165) is 41.5 Å². The molecule has 1 aromatic carbocycles. The van der Waals surface area contributed by atoms with Crippen LogP contribution in [-0.2, 0) is 0 Å². The van der Waals surface area contributed by atoms with Gasteiger partial charge in [0.05, 0.1) is 6.20 Å². The summed E-state index contributed by atoms with van der Waals surface area (Å²) in [7, 11) is 0. The first-order valence-corrected chi connectivity index (χ1v) is 8.13. The Labute approximate surface area is 128 Å². The average Bonchev–Trinajstić information content (AvgIpc) is 3.05. The summed E-state index contributed by atoms with van der Waals surface area (Å²) in [5.41, 5.74) is 1.06. The number of benzene rings is 1. The molecule has 0 spiro atoms. The Bertz CT molecular complexity index is 611. The van der Waals surface area contributed by atoms with Crippen LogP contribution in [0.5, 0.6) is 0 Å². The zero-order chi connectivity index (χ0) is 14.7. The number of hydrogen-bond acceptors (Lipinski definition) is 4. The second kappa shape index (κ2) is 6.37. The normalized spacial score (nSPS) is 18.7. The van der Waals surface area contributed by atoms with Crippen molar-refractivity contribution in [2.24, 2.45) is 0 Å². The van der Waals surface area contributed by atoms with Gasteiger partial charge in [0.2, 0.25) is 0 Å². The predicted molar refractivity (Wildman–Crippen MR) is 85.5 cm³/mol. The van der Waals surface area contributed by atoms with Crippen molar-refractivity contribution in [3.63, 3.8) is 0 Å². The van der Waals surface area contributed by atoms with Crippen molar-refractivity contribution in [1.82, 2.24) is 15.2 Å². The first-order valence-electron chi connectivity index (χ1n) is 7.32. The molecule has 5 heteroatoms. The molecule has 1 amide bonds. The summed E-state index contributed by atoms with van der Waals surface area (Å²) >= 11 is 1.47. The smallest absolute Gasteiger partial charge is 0.265 e. The lowest BCUT2D eigenvalue weighted by atomic mass is 10.1. The highest BCUT2D eigenvalue weighted by Crippen LogP contribution is 2.25. The third-order valence-corrected chi connectivity index (χ3v) is 4.81. The maximum Gasteiger partial charge on any atom is 0.265 e. The van der Waals surface area contributed by atoms with Gasteiger partial charge in [-0.2, -0.15) is 0 Å². The monoisotopic (exact) mass is 301 g/mol. The van der Waals surface area contributed by atoms with Crippen molar-refractivity contribution in [3.05, 3.63) is 41.4 Å². The average molecular weight is 301 g/mol. The van der Waals surface area contributed by atoms with Crippen molar-refractivity contribution < 1.29 is 4.79 Å². The molecular formula is C16H19N3OS. The molecular weight excluding hydrogens is 282 g/mol. The fraction of sp³-hybridized carbons (Fsp3) is 0.375. The van der Waals surface area contributed by atoms with Gasteiger partial charge < -0.3 is 10.2 Å². The standard InChI is InChI=1S/C16H19N3OS/c1-2-13-11-19(9-8-17-13)16(20)14-10-18-15(21-14)12-6-4-3-5-7-12/h3-7,10,13,17H,2,8-9,11H2,1H3/t13-/m0/s1. The quantitative estimate of drug-likeness (QED) is 0.948. The number of nitrogens with zero attached hydrogens (tertiary/aromatic N) is 2. The lowest BCUT2D eigenvalue weighted by Crippen LogP contribution is -2.52. The van der Waals surface area contributed by atoms with Crippen molar-refractivity contribution in [1.29, 1.82) is 0 Å². The van der Waals surface area contributed by atoms with Gasteiger partial charge in [0.1, 0.15) is 9.88 Å². The summed E-state index contributed by atoms with van der Waals surface area (Å²) < 4.78 is 0. The van der Waals surface area contributed by atoms with E-state index >= 15 is 0 Å². The van der Waals surface area contributed by atoms with Gasteiger partial charge >= 0.3 is 0 Å². The van der Waals surface area contributed by atoms with Gasteiger partial charge in [-0.1, -0.05) is 37.3 Å². The fourth-order valence-corrected chi connectivity index (χ4v) is 3.42. The minimum Gasteiger partial charge on any atom is -0.335 e. The molecule has 0 aliphatic carbocycles. The molecule has 2 aromatic rings. The Hall–Kier alpha value is -1.72. The molecule has 3 rings (SSSR count). The number of aromatic nitrogens is 1. The molecule has 1 aliphatic heterocycles. The van der Waals surface area contributed by atoms with Crippen molar-refractivity contribution in [3.8, 4) is 10.6 Å². The molecule has 1 fully saturated rings. The Kier molecular flexibility index (Phi) is 4.31. The van der Waals surface area contributed by atoms with Crippen LogP contribution in [0.4, 0.5) is 0 Å². The molecule has 1 N–H and O–H groups in total. The van der Waals surface area contributed by atoms with Crippen molar-refractivity contribution in [2.45, 2.75) is 19.4 Å². The zero-order valence-corrected chi connectivity index (χ0v) is 12.9. The molecule has 0 saturated carbocycles. The number of nitrogens with one attached hydrogen (secondary N) is 1. The van der Waals surface area contributed by atoms with Gasteiger partial charge in [-0.15, -0.1) is 11.3 Å². The van der Waals surface area contributed by atoms with Gasteiger partial charge in [-0.3, -0.25) is 4.79 Å². The molecule has 0 unspecified atom stereocenters. The van der Waals surface area contributed by atoms with E-state index in [1.807, 2.05) is 35.2 Å². The van der Waals surface area contributed by atoms with E-state index in [1.54, 1.807) is 6.20 Å². The van der Waals surface area contributed by atoms with Crippen LogP contribution in [0.2, 0.25) is 0 Å². The van der Waals surface area contributed by atoms with Crippen LogP contribution in [0.25, 0.3) is 10.6 Å². The van der Waals surface area contributed by atoms with Crippen LogP contribution >= 0.6 is 11.3 Å². The molecule has 1 aromatic heterocycles. The molecule has 1 atom stereocenters. The second-order valence-electron chi connectivity index (χ2n) is 5.21. The lowest BCUT2D eigenvalue weighted by molar-refractivity contribution is 0.0706. The fourth-order valence-electron chi connectivity index (χ4n) is 2.53. The third-order valence-electron chi connectivity index (χ3n) is 3.77. The first kappa shape index (κ1) is 14.2. The number of carbonyl (C=O) groups is 1. The minimum absolute atomic E-state index is 0.106. The van der Waals surface area contributed by atoms with Crippen LogP contribution in [0.3, 0.4) is 0 Å². The molecule has 110 valence electrons. The number of hydrogen-bond donors (Lipinski definition) is 1. The molecule has 0 bridgehead atoms. The molecule has 4 nitrogen and oxygen atoms in total. The van der Waals surface area contributed by atoms with Crippen LogP contribution in [0.15, 0.2) is 36.5 Å². The highest BCUT2D eigenvalue weighted by Gasteiger charge is 2.24. The van der Waals surface area contributed by atoms with Gasteiger partial charge in [0, 0.05) is 31.2 Å². The Morgan fingerprint density at radius 1 is 1.43 bits per heavy atom. The van der Waals surface area contributed by atoms with Crippen molar-refractivity contribution >= 4 is 17.2 Å². The molecule has 1 aliphatic rings. The van der Waals surface area contributed by atoms with Gasteiger partial charge in [-0.05, 0) is 6.42 Å². The van der Waals surface area contributed by atoms with Crippen LogP contribution in [0.1, 0.15) is 23.0 Å². The van der Waals surface area contributed by atoms with Crippen LogP contribution in [0, 0.1) is 0 Å². The Morgan fingerprint density at radius 3 is 3.00 bits per heavy atom. The van der Waals surface area contributed by atoms with E-state index in [9.17, 15) is 4.79 Å². The second-order valence-corrected chi connectivity index (χ2v) is 6.24. The van der Waals surface area contributed by atoms with E-state index in [-0.39, 0.29) is 5.91 Å². The van der Waals surface area contributed by atoms with E-state index in [2.05, 4.69) is 17.2 Å². The predicted octanol–water partition coefficient (Wildman–Crippen LogP) is 2.63. The van der Waals surface area contributed by atoms with E-state index < -0.39 is 0 Å². The lowest BCUT2D eigenvalue weighted by Gasteiger charge is -2.32. The third kappa shape index (κ3) is 3.14. The molecule has 2 heterocycles. The van der Waals surface area contributed by atoms with Crippen LogP contribution in [-0.4, -0.2) is 41.5 Å². The van der Waals surface area contributed by atoms with Crippen molar-refractivity contribution in [2.75, 3.05) is 19.6 Å². The molecule has 0 radical (unpaired) electrons. The SMILES string of the molecule is CC[C@H]1CN(C(=O)c2cnc(-c3ccccc3)s2)CCN1. The Morgan fingerprint density at radius 2 is 2.24 bits per heavy atom.